The maximum atomic E-state index is 11.8. The van der Waals surface area contributed by atoms with Gasteiger partial charge in [0.25, 0.3) is 0 Å². The van der Waals surface area contributed by atoms with Crippen molar-refractivity contribution in [2.24, 2.45) is 0 Å². The second-order valence-electron chi connectivity index (χ2n) is 6.00. The molecule has 1 aliphatic rings. The van der Waals surface area contributed by atoms with Crippen molar-refractivity contribution in [3.8, 4) is 0 Å². The number of nitrogens with zero attached hydrogens (tertiary/aromatic N) is 1. The van der Waals surface area contributed by atoms with E-state index in [2.05, 4.69) is 10.6 Å². The number of methoxy groups -OCH3 is 2. The Kier molecular flexibility index (Phi) is 7.54. The fourth-order valence-electron chi connectivity index (χ4n) is 2.76. The lowest BCUT2D eigenvalue weighted by molar-refractivity contribution is -0.127. The van der Waals surface area contributed by atoms with E-state index >= 15 is 0 Å². The van der Waals surface area contributed by atoms with E-state index in [9.17, 15) is 14.4 Å². The number of likely N-dealkylation sites (tertiary alicyclic amines) is 1. The van der Waals surface area contributed by atoms with Crippen LogP contribution in [0.2, 0.25) is 0 Å². The molecule has 1 aliphatic heterocycles. The van der Waals surface area contributed by atoms with Crippen molar-refractivity contribution in [1.82, 2.24) is 10.2 Å². The number of ether oxygens (including phenoxy) is 2. The van der Waals surface area contributed by atoms with E-state index in [-0.39, 0.29) is 17.0 Å². The van der Waals surface area contributed by atoms with Crippen LogP contribution in [0, 0.1) is 0 Å². The summed E-state index contributed by atoms with van der Waals surface area (Å²) in [5.74, 6) is -0.943. The van der Waals surface area contributed by atoms with Crippen molar-refractivity contribution < 1.29 is 23.9 Å². The van der Waals surface area contributed by atoms with Crippen molar-refractivity contribution in [1.29, 1.82) is 0 Å². The third-order valence-corrected chi connectivity index (χ3v) is 4.34. The predicted octanol–water partition coefficient (Wildman–Crippen LogP) is 1.56. The van der Waals surface area contributed by atoms with Crippen molar-refractivity contribution in [3.63, 3.8) is 0 Å². The van der Waals surface area contributed by atoms with Gasteiger partial charge in [-0.25, -0.2) is 9.59 Å². The zero-order chi connectivity index (χ0) is 19.8. The van der Waals surface area contributed by atoms with E-state index in [0.29, 0.717) is 30.3 Å². The zero-order valence-electron chi connectivity index (χ0n) is 15.4. The number of anilines is 1. The van der Waals surface area contributed by atoms with Crippen LogP contribution in [-0.2, 0) is 14.3 Å². The Morgan fingerprint density at radius 2 is 1.78 bits per heavy atom. The smallest absolute Gasteiger partial charge is 0.337 e. The van der Waals surface area contributed by atoms with Crippen molar-refractivity contribution in [2.75, 3.05) is 39.2 Å². The number of nitrogens with one attached hydrogen (secondary N) is 2. The lowest BCUT2D eigenvalue weighted by atomic mass is 10.1. The minimum atomic E-state index is -0.571. The average Bonchev–Trinajstić information content (AvgIpc) is 3.08. The summed E-state index contributed by atoms with van der Waals surface area (Å²) in [6, 6.07) is 4.47. The molecule has 8 nitrogen and oxygen atoms in total. The Labute approximate surface area is 163 Å². The van der Waals surface area contributed by atoms with Crippen LogP contribution in [0.15, 0.2) is 18.2 Å². The van der Waals surface area contributed by atoms with E-state index in [1.165, 1.54) is 32.4 Å². The molecule has 1 heterocycles. The average molecular weight is 393 g/mol. The topological polar surface area (TPSA) is 97.0 Å². The normalized spacial score (nSPS) is 13.3. The molecule has 0 spiro atoms. The molecule has 0 atom stereocenters. The third-order valence-electron chi connectivity index (χ3n) is 4.09. The fourth-order valence-corrected chi connectivity index (χ4v) is 2.98. The molecule has 0 saturated carbocycles. The van der Waals surface area contributed by atoms with Crippen LogP contribution in [-0.4, -0.2) is 61.7 Å². The first kappa shape index (κ1) is 20.6. The van der Waals surface area contributed by atoms with Gasteiger partial charge in [-0.1, -0.05) is 0 Å². The molecule has 146 valence electrons. The number of carbonyl (C=O) groups excluding carboxylic acids is 3. The molecule has 0 aromatic heterocycles. The van der Waals surface area contributed by atoms with Crippen LogP contribution in [0.3, 0.4) is 0 Å². The summed E-state index contributed by atoms with van der Waals surface area (Å²) < 4.78 is 9.40. The highest BCUT2D eigenvalue weighted by Gasteiger charge is 2.19. The molecule has 0 unspecified atom stereocenters. The summed E-state index contributed by atoms with van der Waals surface area (Å²) in [6.07, 6.45) is 2.32. The van der Waals surface area contributed by atoms with Gasteiger partial charge in [0, 0.05) is 31.7 Å². The van der Waals surface area contributed by atoms with Gasteiger partial charge in [-0.15, -0.1) is 0 Å². The molecular formula is C18H23N3O5S. The first-order valence-electron chi connectivity index (χ1n) is 8.59. The number of rotatable bonds is 7. The highest BCUT2D eigenvalue weighted by Crippen LogP contribution is 2.17. The molecule has 0 aliphatic carbocycles. The molecule has 2 N–H and O–H groups in total. The van der Waals surface area contributed by atoms with Gasteiger partial charge >= 0.3 is 11.9 Å². The summed E-state index contributed by atoms with van der Waals surface area (Å²) in [6.45, 7) is 2.10. The standard InChI is InChI=1S/C18H23N3O5S/c1-25-16(23)12-9-13(17(24)26-2)11-14(10-12)20-18(27)19-6-4-8-21-7-3-5-15(21)22/h9-11H,3-8H2,1-2H3,(H2,19,20,27). The second-order valence-corrected chi connectivity index (χ2v) is 6.41. The van der Waals surface area contributed by atoms with E-state index < -0.39 is 11.9 Å². The van der Waals surface area contributed by atoms with E-state index in [1.54, 1.807) is 0 Å². The fraction of sp³-hybridized carbons (Fsp3) is 0.444. The first-order valence-corrected chi connectivity index (χ1v) is 8.99. The number of hydrogen-bond donors (Lipinski definition) is 2. The SMILES string of the molecule is COC(=O)c1cc(NC(=S)NCCCN2CCCC2=O)cc(C(=O)OC)c1. The maximum absolute atomic E-state index is 11.8. The monoisotopic (exact) mass is 393 g/mol. The number of benzene rings is 1. The number of esters is 2. The third kappa shape index (κ3) is 5.92. The van der Waals surface area contributed by atoms with Gasteiger partial charge in [0.1, 0.15) is 0 Å². The Balaban J connectivity index is 1.92. The summed E-state index contributed by atoms with van der Waals surface area (Å²) in [5, 5.41) is 6.34. The first-order chi connectivity index (χ1) is 12.9. The summed E-state index contributed by atoms with van der Waals surface area (Å²) in [4.78, 5) is 37.0. The lowest BCUT2D eigenvalue weighted by Gasteiger charge is -2.16. The summed E-state index contributed by atoms with van der Waals surface area (Å²) >= 11 is 5.25. The van der Waals surface area contributed by atoms with Gasteiger partial charge in [-0.2, -0.15) is 0 Å². The zero-order valence-corrected chi connectivity index (χ0v) is 16.2. The number of thiocarbonyl (C=S) groups is 1. The molecule has 1 fully saturated rings. The van der Waals surface area contributed by atoms with Gasteiger partial charge in [-0.3, -0.25) is 4.79 Å². The van der Waals surface area contributed by atoms with Crippen molar-refractivity contribution in [2.45, 2.75) is 19.3 Å². The highest BCUT2D eigenvalue weighted by molar-refractivity contribution is 7.80. The van der Waals surface area contributed by atoms with E-state index in [4.69, 9.17) is 21.7 Å². The van der Waals surface area contributed by atoms with Crippen molar-refractivity contribution in [3.05, 3.63) is 29.3 Å². The predicted molar refractivity (Wildman–Crippen MR) is 104 cm³/mol. The van der Waals surface area contributed by atoms with Gasteiger partial charge in [0.2, 0.25) is 5.91 Å². The van der Waals surface area contributed by atoms with Crippen LogP contribution in [0.4, 0.5) is 5.69 Å². The Hall–Kier alpha value is -2.68. The number of hydrogen-bond acceptors (Lipinski definition) is 6. The molecule has 1 amide bonds. The Bertz CT molecular complexity index is 703. The molecule has 0 bridgehead atoms. The van der Waals surface area contributed by atoms with Crippen molar-refractivity contribution >= 4 is 40.9 Å². The molecule has 0 radical (unpaired) electrons. The molecule has 9 heteroatoms. The Morgan fingerprint density at radius 3 is 2.30 bits per heavy atom. The van der Waals surface area contributed by atoms with Gasteiger partial charge < -0.3 is 25.0 Å². The maximum Gasteiger partial charge on any atom is 0.337 e. The van der Waals surface area contributed by atoms with Crippen LogP contribution >= 0.6 is 12.2 Å². The van der Waals surface area contributed by atoms with Crippen LogP contribution in [0.25, 0.3) is 0 Å². The minimum Gasteiger partial charge on any atom is -0.465 e. The van der Waals surface area contributed by atoms with Gasteiger partial charge in [-0.05, 0) is 43.3 Å². The molecule has 1 aromatic rings. The molecule has 1 saturated heterocycles. The number of amides is 1. The molecule has 27 heavy (non-hydrogen) atoms. The molecule has 2 rings (SSSR count). The van der Waals surface area contributed by atoms with Crippen LogP contribution < -0.4 is 10.6 Å². The lowest BCUT2D eigenvalue weighted by Crippen LogP contribution is -2.32. The molecule has 1 aromatic carbocycles. The summed E-state index contributed by atoms with van der Waals surface area (Å²) in [7, 11) is 2.52. The largest absolute Gasteiger partial charge is 0.465 e. The van der Waals surface area contributed by atoms with Gasteiger partial charge in [0.05, 0.1) is 25.3 Å². The van der Waals surface area contributed by atoms with Crippen LogP contribution in [0.5, 0.6) is 0 Å². The molecular weight excluding hydrogens is 370 g/mol. The highest BCUT2D eigenvalue weighted by atomic mass is 32.1. The van der Waals surface area contributed by atoms with Crippen LogP contribution in [0.1, 0.15) is 40.0 Å². The second kappa shape index (κ2) is 9.86. The Morgan fingerprint density at radius 1 is 1.15 bits per heavy atom. The van der Waals surface area contributed by atoms with E-state index in [0.717, 1.165) is 19.4 Å². The van der Waals surface area contributed by atoms with E-state index in [1.807, 2.05) is 4.90 Å². The summed E-state index contributed by atoms with van der Waals surface area (Å²) in [5.41, 5.74) is 0.877. The number of carbonyl (C=O) groups is 3. The van der Waals surface area contributed by atoms with Gasteiger partial charge in [0.15, 0.2) is 5.11 Å². The minimum absolute atomic E-state index is 0.200. The quantitative estimate of drug-likeness (QED) is 0.409.